The summed E-state index contributed by atoms with van der Waals surface area (Å²) in [6.45, 7) is 3.96. The van der Waals surface area contributed by atoms with E-state index >= 15 is 0 Å². The number of carboxylic acids is 1. The van der Waals surface area contributed by atoms with E-state index in [4.69, 9.17) is 5.11 Å². The van der Waals surface area contributed by atoms with Gasteiger partial charge in [0.2, 0.25) is 0 Å². The maximum atomic E-state index is 10.8. The highest BCUT2D eigenvalue weighted by molar-refractivity contribution is 5.85. The van der Waals surface area contributed by atoms with E-state index in [1.807, 2.05) is 38.1 Å². The van der Waals surface area contributed by atoms with Crippen molar-refractivity contribution >= 4 is 16.9 Å². The summed E-state index contributed by atoms with van der Waals surface area (Å²) >= 11 is 0. The van der Waals surface area contributed by atoms with Gasteiger partial charge >= 0.3 is 5.97 Å². The van der Waals surface area contributed by atoms with Gasteiger partial charge in [-0.1, -0.05) is 25.1 Å². The number of benzene rings is 1. The standard InChI is InChI=1S/C14H15NO2/c1-9-6-7-15-14-11(9)4-3-5-12(14)10(2)8-13(16)17/h3-7,10H,8H2,1-2H3,(H,16,17). The van der Waals surface area contributed by atoms with Crippen LogP contribution in [0.25, 0.3) is 10.9 Å². The molecule has 3 nitrogen and oxygen atoms in total. The summed E-state index contributed by atoms with van der Waals surface area (Å²) in [6.07, 6.45) is 1.91. The van der Waals surface area contributed by atoms with Crippen LogP contribution in [0.15, 0.2) is 30.5 Å². The van der Waals surface area contributed by atoms with Gasteiger partial charge in [0.25, 0.3) is 0 Å². The van der Waals surface area contributed by atoms with Gasteiger partial charge in [-0.2, -0.15) is 0 Å². The van der Waals surface area contributed by atoms with E-state index in [1.54, 1.807) is 6.20 Å². The molecular weight excluding hydrogens is 214 g/mol. The van der Waals surface area contributed by atoms with Crippen LogP contribution in [0.2, 0.25) is 0 Å². The minimum atomic E-state index is -0.776. The van der Waals surface area contributed by atoms with Gasteiger partial charge in [0.1, 0.15) is 0 Å². The highest BCUT2D eigenvalue weighted by Gasteiger charge is 2.14. The third kappa shape index (κ3) is 2.28. The van der Waals surface area contributed by atoms with Crippen molar-refractivity contribution in [2.24, 2.45) is 0 Å². The zero-order valence-electron chi connectivity index (χ0n) is 9.97. The number of hydrogen-bond acceptors (Lipinski definition) is 2. The molecule has 0 spiro atoms. The molecule has 0 fully saturated rings. The van der Waals surface area contributed by atoms with Gasteiger partial charge in [-0.3, -0.25) is 9.78 Å². The van der Waals surface area contributed by atoms with E-state index in [-0.39, 0.29) is 12.3 Å². The molecule has 0 aliphatic heterocycles. The Labute approximate surface area is 100 Å². The molecule has 0 bridgehead atoms. The van der Waals surface area contributed by atoms with Crippen molar-refractivity contribution in [3.8, 4) is 0 Å². The molecule has 3 heteroatoms. The van der Waals surface area contributed by atoms with Crippen LogP contribution in [0.4, 0.5) is 0 Å². The first-order valence-electron chi connectivity index (χ1n) is 5.65. The molecule has 0 aliphatic rings. The zero-order valence-corrected chi connectivity index (χ0v) is 9.97. The number of hydrogen-bond donors (Lipinski definition) is 1. The molecule has 1 N–H and O–H groups in total. The number of fused-ring (bicyclic) bond motifs is 1. The molecule has 0 radical (unpaired) electrons. The summed E-state index contributed by atoms with van der Waals surface area (Å²) in [7, 11) is 0. The molecule has 0 saturated heterocycles. The highest BCUT2D eigenvalue weighted by Crippen LogP contribution is 2.27. The number of carboxylic acid groups (broad SMARTS) is 1. The van der Waals surface area contributed by atoms with Crippen molar-refractivity contribution in [1.29, 1.82) is 0 Å². The van der Waals surface area contributed by atoms with Gasteiger partial charge in [0, 0.05) is 11.6 Å². The molecule has 1 unspecified atom stereocenters. The second kappa shape index (κ2) is 4.53. The van der Waals surface area contributed by atoms with Crippen LogP contribution < -0.4 is 0 Å². The topological polar surface area (TPSA) is 50.2 Å². The Bertz CT molecular complexity index is 563. The maximum Gasteiger partial charge on any atom is 0.303 e. The lowest BCUT2D eigenvalue weighted by Gasteiger charge is -2.12. The Morgan fingerprint density at radius 1 is 1.41 bits per heavy atom. The van der Waals surface area contributed by atoms with Gasteiger partial charge in [0.05, 0.1) is 11.9 Å². The SMILES string of the molecule is Cc1ccnc2c(C(C)CC(=O)O)cccc12. The van der Waals surface area contributed by atoms with Crippen LogP contribution in [-0.2, 0) is 4.79 Å². The summed E-state index contributed by atoms with van der Waals surface area (Å²) in [6, 6.07) is 7.91. The first-order valence-corrected chi connectivity index (χ1v) is 5.65. The normalized spacial score (nSPS) is 12.6. The average Bonchev–Trinajstić information content (AvgIpc) is 2.28. The highest BCUT2D eigenvalue weighted by atomic mass is 16.4. The molecule has 1 aromatic carbocycles. The average molecular weight is 229 g/mol. The third-order valence-corrected chi connectivity index (χ3v) is 3.03. The number of aryl methyl sites for hydroxylation is 1. The monoisotopic (exact) mass is 229 g/mol. The van der Waals surface area contributed by atoms with Gasteiger partial charge in [-0.15, -0.1) is 0 Å². The van der Waals surface area contributed by atoms with Gasteiger partial charge < -0.3 is 5.11 Å². The molecule has 0 aliphatic carbocycles. The lowest BCUT2D eigenvalue weighted by atomic mass is 9.94. The third-order valence-electron chi connectivity index (χ3n) is 3.03. The zero-order chi connectivity index (χ0) is 12.4. The molecule has 1 aromatic heterocycles. The fourth-order valence-electron chi connectivity index (χ4n) is 2.11. The summed E-state index contributed by atoms with van der Waals surface area (Å²) in [5.41, 5.74) is 3.09. The Morgan fingerprint density at radius 2 is 2.18 bits per heavy atom. The van der Waals surface area contributed by atoms with E-state index in [0.29, 0.717) is 0 Å². The van der Waals surface area contributed by atoms with E-state index in [1.165, 1.54) is 5.56 Å². The summed E-state index contributed by atoms with van der Waals surface area (Å²) in [5, 5.41) is 9.95. The van der Waals surface area contributed by atoms with E-state index in [9.17, 15) is 4.79 Å². The van der Waals surface area contributed by atoms with Crippen LogP contribution in [0.5, 0.6) is 0 Å². The smallest absolute Gasteiger partial charge is 0.303 e. The van der Waals surface area contributed by atoms with Crippen molar-refractivity contribution < 1.29 is 9.90 Å². The largest absolute Gasteiger partial charge is 0.481 e. The van der Waals surface area contributed by atoms with Gasteiger partial charge in [-0.05, 0) is 30.0 Å². The lowest BCUT2D eigenvalue weighted by molar-refractivity contribution is -0.137. The Morgan fingerprint density at radius 3 is 2.88 bits per heavy atom. The number of para-hydroxylation sites is 1. The van der Waals surface area contributed by atoms with Crippen molar-refractivity contribution in [2.45, 2.75) is 26.2 Å². The number of aliphatic carboxylic acids is 1. The Kier molecular flexibility index (Phi) is 3.09. The fraction of sp³-hybridized carbons (Fsp3) is 0.286. The molecule has 2 rings (SSSR count). The first-order chi connectivity index (χ1) is 8.09. The van der Waals surface area contributed by atoms with E-state index in [0.717, 1.165) is 16.5 Å². The van der Waals surface area contributed by atoms with E-state index < -0.39 is 5.97 Å². The Balaban J connectivity index is 2.54. The molecule has 0 amide bonds. The van der Waals surface area contributed by atoms with Crippen LogP contribution in [-0.4, -0.2) is 16.1 Å². The van der Waals surface area contributed by atoms with Crippen molar-refractivity contribution in [1.82, 2.24) is 4.98 Å². The quantitative estimate of drug-likeness (QED) is 0.879. The molecule has 1 atom stereocenters. The minimum absolute atomic E-state index is 0.0227. The number of rotatable bonds is 3. The predicted molar refractivity (Wildman–Crippen MR) is 67.1 cm³/mol. The maximum absolute atomic E-state index is 10.8. The Hall–Kier alpha value is -1.90. The van der Waals surface area contributed by atoms with E-state index in [2.05, 4.69) is 4.98 Å². The number of pyridine rings is 1. The molecule has 88 valence electrons. The number of nitrogens with zero attached hydrogens (tertiary/aromatic N) is 1. The summed E-state index contributed by atoms with van der Waals surface area (Å²) in [4.78, 5) is 15.1. The second-order valence-electron chi connectivity index (χ2n) is 4.37. The van der Waals surface area contributed by atoms with Crippen molar-refractivity contribution in [2.75, 3.05) is 0 Å². The molecular formula is C14H15NO2. The predicted octanol–water partition coefficient (Wildman–Crippen LogP) is 3.12. The van der Waals surface area contributed by atoms with Gasteiger partial charge in [0.15, 0.2) is 0 Å². The van der Waals surface area contributed by atoms with Crippen LogP contribution >= 0.6 is 0 Å². The van der Waals surface area contributed by atoms with Crippen LogP contribution in [0.3, 0.4) is 0 Å². The molecule has 17 heavy (non-hydrogen) atoms. The molecule has 1 heterocycles. The molecule has 0 saturated carbocycles. The lowest BCUT2D eigenvalue weighted by Crippen LogP contribution is -2.04. The van der Waals surface area contributed by atoms with Crippen LogP contribution in [0, 0.1) is 6.92 Å². The minimum Gasteiger partial charge on any atom is -0.481 e. The second-order valence-corrected chi connectivity index (χ2v) is 4.37. The van der Waals surface area contributed by atoms with Crippen molar-refractivity contribution in [3.05, 3.63) is 41.6 Å². The van der Waals surface area contributed by atoms with Crippen molar-refractivity contribution in [3.63, 3.8) is 0 Å². The first kappa shape index (κ1) is 11.6. The van der Waals surface area contributed by atoms with Crippen LogP contribution in [0.1, 0.15) is 30.4 Å². The fourth-order valence-corrected chi connectivity index (χ4v) is 2.11. The summed E-state index contributed by atoms with van der Waals surface area (Å²) in [5.74, 6) is -0.798. The van der Waals surface area contributed by atoms with Gasteiger partial charge in [-0.25, -0.2) is 0 Å². The molecule has 2 aromatic rings. The summed E-state index contributed by atoms with van der Waals surface area (Å²) < 4.78 is 0. The number of carbonyl (C=O) groups is 1. The number of aromatic nitrogens is 1.